The second-order valence-corrected chi connectivity index (χ2v) is 1.93. The van der Waals surface area contributed by atoms with Crippen LogP contribution in [0.1, 0.15) is 13.8 Å². The summed E-state index contributed by atoms with van der Waals surface area (Å²) in [5, 5.41) is 4.02. The molecule has 2 heteroatoms. The fourth-order valence-corrected chi connectivity index (χ4v) is 0.675. The molecule has 0 saturated carbocycles. The first-order valence-corrected chi connectivity index (χ1v) is 2.54. The van der Waals surface area contributed by atoms with Crippen LogP contribution < -0.4 is 0 Å². The van der Waals surface area contributed by atoms with E-state index in [2.05, 4.69) is 11.8 Å². The van der Waals surface area contributed by atoms with Crippen LogP contribution in [-0.2, 0) is 0 Å². The van der Waals surface area contributed by atoms with E-state index in [9.17, 15) is 0 Å². The van der Waals surface area contributed by atoms with E-state index in [1.165, 1.54) is 0 Å². The lowest BCUT2D eigenvalue weighted by atomic mass is 10.4. The van der Waals surface area contributed by atoms with E-state index >= 15 is 0 Å². The normalized spacial score (nSPS) is 18.5. The van der Waals surface area contributed by atoms with E-state index < -0.39 is 0 Å². The summed E-state index contributed by atoms with van der Waals surface area (Å²) in [6.07, 6.45) is 1.99. The third-order valence-electron chi connectivity index (χ3n) is 1.10. The van der Waals surface area contributed by atoms with E-state index in [0.29, 0.717) is 0 Å². The van der Waals surface area contributed by atoms with Crippen molar-refractivity contribution in [1.29, 1.82) is 0 Å². The van der Waals surface area contributed by atoms with Crippen molar-refractivity contribution in [2.24, 2.45) is 5.10 Å². The van der Waals surface area contributed by atoms with Crippen molar-refractivity contribution in [3.63, 3.8) is 0 Å². The van der Waals surface area contributed by atoms with Gasteiger partial charge in [-0.1, -0.05) is 4.68 Å². The predicted octanol–water partition coefficient (Wildman–Crippen LogP) is 0.993. The van der Waals surface area contributed by atoms with Gasteiger partial charge in [-0.05, 0) is 6.92 Å². The Morgan fingerprint density at radius 3 is 2.38 bits per heavy atom. The van der Waals surface area contributed by atoms with Gasteiger partial charge in [-0.2, -0.15) is 0 Å². The topological polar surface area (TPSA) is 15.4 Å². The number of hydrazone groups is 1. The van der Waals surface area contributed by atoms with Crippen molar-refractivity contribution in [3.8, 4) is 0 Å². The van der Waals surface area contributed by atoms with Gasteiger partial charge in [-0.25, -0.2) is 0 Å². The van der Waals surface area contributed by atoms with Crippen molar-refractivity contribution < 1.29 is 4.68 Å². The quantitative estimate of drug-likeness (QED) is 0.412. The van der Waals surface area contributed by atoms with E-state index in [4.69, 9.17) is 0 Å². The predicted molar refractivity (Wildman–Crippen MR) is 34.2 cm³/mol. The Balaban J connectivity index is 2.95. The second kappa shape index (κ2) is 1.54. The van der Waals surface area contributed by atoms with Crippen LogP contribution in [0.3, 0.4) is 0 Å². The Bertz CT molecular complexity index is 184. The maximum absolute atomic E-state index is 4.02. The lowest BCUT2D eigenvalue weighted by Crippen LogP contribution is -1.90. The van der Waals surface area contributed by atoms with Crippen LogP contribution in [-0.4, -0.2) is 17.1 Å². The molecule has 1 aliphatic heterocycles. The lowest BCUT2D eigenvalue weighted by Gasteiger charge is -1.77. The molecular weight excluding hydrogens is 100 g/mol. The van der Waals surface area contributed by atoms with Crippen LogP contribution in [0, 0.1) is 0 Å². The van der Waals surface area contributed by atoms with Gasteiger partial charge in [-0.3, -0.25) is 0 Å². The molecule has 1 heterocycles. The highest BCUT2D eigenvalue weighted by molar-refractivity contribution is 5.93. The number of hydrogen-bond acceptors (Lipinski definition) is 1. The maximum Gasteiger partial charge on any atom is 0.212 e. The molecule has 0 aromatic carbocycles. The molecule has 0 bridgehead atoms. The minimum atomic E-state index is 1.03. The molecule has 0 fully saturated rings. The molecule has 1 aliphatic rings. The van der Waals surface area contributed by atoms with E-state index in [1.807, 2.05) is 19.9 Å². The SMILES string of the molecule is C=[N+]1N=C(C)C=C1C. The van der Waals surface area contributed by atoms with Gasteiger partial charge >= 0.3 is 0 Å². The number of rotatable bonds is 0. The number of allylic oxidation sites excluding steroid dienone is 2. The van der Waals surface area contributed by atoms with Crippen molar-refractivity contribution >= 4 is 12.4 Å². The highest BCUT2D eigenvalue weighted by Gasteiger charge is 2.10. The molecule has 0 radical (unpaired) electrons. The molecule has 2 nitrogen and oxygen atoms in total. The van der Waals surface area contributed by atoms with Gasteiger partial charge in [0.05, 0.1) is 0 Å². The smallest absolute Gasteiger partial charge is 0.0639 e. The summed E-state index contributed by atoms with van der Waals surface area (Å²) < 4.78 is 1.62. The largest absolute Gasteiger partial charge is 0.212 e. The van der Waals surface area contributed by atoms with Crippen molar-refractivity contribution in [3.05, 3.63) is 11.8 Å². The molecule has 1 rings (SSSR count). The van der Waals surface area contributed by atoms with Gasteiger partial charge in [-0.15, -0.1) is 0 Å². The monoisotopic (exact) mass is 109 g/mol. The minimum Gasteiger partial charge on any atom is -0.0639 e. The molecule has 0 aromatic rings. The summed E-state index contributed by atoms with van der Waals surface area (Å²) in [5.41, 5.74) is 2.13. The maximum atomic E-state index is 4.02. The molecule has 0 amide bonds. The third-order valence-corrected chi connectivity index (χ3v) is 1.10. The van der Waals surface area contributed by atoms with Crippen LogP contribution in [0.15, 0.2) is 16.9 Å². The van der Waals surface area contributed by atoms with Crippen LogP contribution in [0.4, 0.5) is 0 Å². The summed E-state index contributed by atoms with van der Waals surface area (Å²) >= 11 is 0. The van der Waals surface area contributed by atoms with Crippen LogP contribution in [0.2, 0.25) is 0 Å². The molecule has 42 valence electrons. The van der Waals surface area contributed by atoms with Crippen molar-refractivity contribution in [2.75, 3.05) is 0 Å². The summed E-state index contributed by atoms with van der Waals surface area (Å²) in [6, 6.07) is 0. The summed E-state index contributed by atoms with van der Waals surface area (Å²) in [7, 11) is 0. The van der Waals surface area contributed by atoms with Gasteiger partial charge in [0.1, 0.15) is 5.71 Å². The Kier molecular flexibility index (Phi) is 1.01. The molecule has 0 unspecified atom stereocenters. The first-order valence-electron chi connectivity index (χ1n) is 2.54. The van der Waals surface area contributed by atoms with Crippen LogP contribution in [0.5, 0.6) is 0 Å². The standard InChI is InChI=1S/C6H9N2/c1-5-4-6(2)8(3)7-5/h4H,3H2,1-2H3/q+1. The first-order chi connectivity index (χ1) is 3.70. The molecule has 0 aliphatic carbocycles. The third kappa shape index (κ3) is 0.689. The van der Waals surface area contributed by atoms with E-state index in [1.54, 1.807) is 4.68 Å². The molecule has 0 atom stereocenters. The average molecular weight is 109 g/mol. The average Bonchev–Trinajstić information content (AvgIpc) is 1.85. The molecule has 0 N–H and O–H groups in total. The Morgan fingerprint density at radius 1 is 1.62 bits per heavy atom. The molecule has 0 saturated heterocycles. The molecule has 0 aromatic heterocycles. The fraction of sp³-hybridized carbons (Fsp3) is 0.333. The zero-order valence-electron chi connectivity index (χ0n) is 5.18. The Hall–Kier alpha value is -0.920. The highest BCUT2D eigenvalue weighted by Crippen LogP contribution is 2.03. The summed E-state index contributed by atoms with van der Waals surface area (Å²) in [5.74, 6) is 0. The van der Waals surface area contributed by atoms with Crippen LogP contribution >= 0.6 is 0 Å². The van der Waals surface area contributed by atoms with Gasteiger partial charge in [0.15, 0.2) is 6.72 Å². The zero-order chi connectivity index (χ0) is 6.15. The highest BCUT2D eigenvalue weighted by atomic mass is 15.4. The number of hydrogen-bond donors (Lipinski definition) is 0. The minimum absolute atomic E-state index is 1.03. The summed E-state index contributed by atoms with van der Waals surface area (Å²) in [4.78, 5) is 0. The van der Waals surface area contributed by atoms with E-state index in [0.717, 1.165) is 11.4 Å². The van der Waals surface area contributed by atoms with Gasteiger partial charge in [0, 0.05) is 18.1 Å². The second-order valence-electron chi connectivity index (χ2n) is 1.93. The van der Waals surface area contributed by atoms with Crippen LogP contribution in [0.25, 0.3) is 0 Å². The Labute approximate surface area is 48.8 Å². The zero-order valence-corrected chi connectivity index (χ0v) is 5.18. The van der Waals surface area contributed by atoms with Crippen molar-refractivity contribution in [2.45, 2.75) is 13.8 Å². The fourth-order valence-electron chi connectivity index (χ4n) is 0.675. The van der Waals surface area contributed by atoms with Crippen molar-refractivity contribution in [1.82, 2.24) is 0 Å². The summed E-state index contributed by atoms with van der Waals surface area (Å²) in [6.45, 7) is 7.58. The molecular formula is C6H9N2+. The lowest BCUT2D eigenvalue weighted by molar-refractivity contribution is -0.468. The van der Waals surface area contributed by atoms with E-state index in [-0.39, 0.29) is 0 Å². The van der Waals surface area contributed by atoms with Gasteiger partial charge in [0.2, 0.25) is 5.70 Å². The number of nitrogens with zero attached hydrogens (tertiary/aromatic N) is 2. The van der Waals surface area contributed by atoms with Gasteiger partial charge < -0.3 is 0 Å². The molecule has 8 heavy (non-hydrogen) atoms. The Morgan fingerprint density at radius 2 is 2.25 bits per heavy atom. The van der Waals surface area contributed by atoms with Gasteiger partial charge in [0.25, 0.3) is 0 Å². The first kappa shape index (κ1) is 5.22. The molecule has 0 spiro atoms.